The Morgan fingerprint density at radius 1 is 1.25 bits per heavy atom. The van der Waals surface area contributed by atoms with Crippen molar-refractivity contribution in [2.45, 2.75) is 6.54 Å². The molecule has 0 saturated heterocycles. The number of halogens is 2. The van der Waals surface area contributed by atoms with E-state index >= 15 is 0 Å². The molecule has 2 aromatic rings. The number of hydrogen-bond acceptors (Lipinski definition) is 3. The molecule has 0 atom stereocenters. The second-order valence-corrected chi connectivity index (χ2v) is 3.66. The summed E-state index contributed by atoms with van der Waals surface area (Å²) < 4.78 is 12.9. The number of hydrogen-bond donors (Lipinski definition) is 1. The van der Waals surface area contributed by atoms with E-state index in [1.807, 2.05) is 0 Å². The van der Waals surface area contributed by atoms with Crippen LogP contribution in [-0.2, 0) is 6.54 Å². The van der Waals surface area contributed by atoms with E-state index in [-0.39, 0.29) is 5.02 Å². The van der Waals surface area contributed by atoms with Gasteiger partial charge in [-0.3, -0.25) is 0 Å². The molecule has 0 unspecified atom stereocenters. The van der Waals surface area contributed by atoms with Crippen molar-refractivity contribution in [1.82, 2.24) is 9.97 Å². The fourth-order valence-corrected chi connectivity index (χ4v) is 1.43. The monoisotopic (exact) mass is 237 g/mol. The second-order valence-electron chi connectivity index (χ2n) is 3.25. The van der Waals surface area contributed by atoms with E-state index in [2.05, 4.69) is 9.97 Å². The van der Waals surface area contributed by atoms with Gasteiger partial charge in [-0.05, 0) is 18.2 Å². The molecule has 1 heterocycles. The van der Waals surface area contributed by atoms with Gasteiger partial charge in [-0.15, -0.1) is 0 Å². The summed E-state index contributed by atoms with van der Waals surface area (Å²) in [5.74, 6) is 0.0445. The highest BCUT2D eigenvalue weighted by Crippen LogP contribution is 2.21. The molecular weight excluding hydrogens is 229 g/mol. The average molecular weight is 238 g/mol. The molecular formula is C11H9ClFN3. The molecule has 0 aliphatic carbocycles. The first-order valence-electron chi connectivity index (χ1n) is 4.67. The number of rotatable bonds is 2. The molecule has 0 bridgehead atoms. The molecule has 0 aliphatic heterocycles. The van der Waals surface area contributed by atoms with Crippen LogP contribution in [0.1, 0.15) is 5.56 Å². The third kappa shape index (κ3) is 2.18. The van der Waals surface area contributed by atoms with Crippen molar-refractivity contribution in [2.75, 3.05) is 0 Å². The highest BCUT2D eigenvalue weighted by atomic mass is 35.5. The summed E-state index contributed by atoms with van der Waals surface area (Å²) in [5.41, 5.74) is 6.95. The van der Waals surface area contributed by atoms with Gasteiger partial charge in [0.05, 0.1) is 5.02 Å². The number of aromatic nitrogens is 2. The molecule has 0 amide bonds. The zero-order valence-corrected chi connectivity index (χ0v) is 9.08. The first kappa shape index (κ1) is 11.0. The lowest BCUT2D eigenvalue weighted by Gasteiger charge is -2.02. The van der Waals surface area contributed by atoms with Crippen LogP contribution < -0.4 is 5.73 Å². The van der Waals surface area contributed by atoms with Crippen LogP contribution in [0.5, 0.6) is 0 Å². The summed E-state index contributed by atoms with van der Waals surface area (Å²) in [6, 6.07) is 4.37. The predicted octanol–water partition coefficient (Wildman–Crippen LogP) is 2.39. The van der Waals surface area contributed by atoms with Crippen LogP contribution in [0.15, 0.2) is 30.6 Å². The quantitative estimate of drug-likeness (QED) is 0.873. The van der Waals surface area contributed by atoms with E-state index < -0.39 is 5.82 Å². The van der Waals surface area contributed by atoms with Crippen LogP contribution in [0, 0.1) is 5.82 Å². The third-order valence-electron chi connectivity index (χ3n) is 2.12. The van der Waals surface area contributed by atoms with Gasteiger partial charge in [-0.2, -0.15) is 0 Å². The zero-order chi connectivity index (χ0) is 11.5. The van der Waals surface area contributed by atoms with Gasteiger partial charge in [0.15, 0.2) is 5.82 Å². The minimum Gasteiger partial charge on any atom is -0.326 e. The average Bonchev–Trinajstić information content (AvgIpc) is 2.33. The van der Waals surface area contributed by atoms with E-state index in [0.717, 1.165) is 5.56 Å². The maximum absolute atomic E-state index is 12.9. The Kier molecular flexibility index (Phi) is 3.12. The van der Waals surface area contributed by atoms with Gasteiger partial charge < -0.3 is 5.73 Å². The van der Waals surface area contributed by atoms with Crippen LogP contribution in [0.25, 0.3) is 11.4 Å². The topological polar surface area (TPSA) is 51.8 Å². The van der Waals surface area contributed by atoms with Crippen LogP contribution in [0.3, 0.4) is 0 Å². The Bertz CT molecular complexity index is 499. The van der Waals surface area contributed by atoms with Crippen molar-refractivity contribution in [3.05, 3.63) is 47.0 Å². The zero-order valence-electron chi connectivity index (χ0n) is 8.32. The minimum atomic E-state index is -0.455. The summed E-state index contributed by atoms with van der Waals surface area (Å²) in [4.78, 5) is 8.24. The Balaban J connectivity index is 2.38. The number of nitrogens with zero attached hydrogens (tertiary/aromatic N) is 2. The second kappa shape index (κ2) is 4.55. The van der Waals surface area contributed by atoms with Crippen molar-refractivity contribution < 1.29 is 4.39 Å². The SMILES string of the molecule is NCc1cnc(-c2ccc(F)c(Cl)c2)nc1. The summed E-state index contributed by atoms with van der Waals surface area (Å²) in [7, 11) is 0. The van der Waals surface area contributed by atoms with Gasteiger partial charge in [0, 0.05) is 30.1 Å². The molecule has 1 aromatic heterocycles. The maximum Gasteiger partial charge on any atom is 0.159 e. The van der Waals surface area contributed by atoms with Gasteiger partial charge in [-0.25, -0.2) is 14.4 Å². The van der Waals surface area contributed by atoms with Crippen molar-refractivity contribution in [3.63, 3.8) is 0 Å². The summed E-state index contributed by atoms with van der Waals surface area (Å²) in [6.45, 7) is 0.393. The van der Waals surface area contributed by atoms with E-state index in [1.54, 1.807) is 18.5 Å². The van der Waals surface area contributed by atoms with Crippen molar-refractivity contribution >= 4 is 11.6 Å². The molecule has 1 aromatic carbocycles. The lowest BCUT2D eigenvalue weighted by Crippen LogP contribution is -1.99. The Hall–Kier alpha value is -1.52. The lowest BCUT2D eigenvalue weighted by molar-refractivity contribution is 0.628. The first-order chi connectivity index (χ1) is 7.70. The Labute approximate surface area is 97.1 Å². The van der Waals surface area contributed by atoms with Crippen LogP contribution in [-0.4, -0.2) is 9.97 Å². The standard InChI is InChI=1S/C11H9ClFN3/c12-9-3-8(1-2-10(9)13)11-15-5-7(4-14)6-16-11/h1-3,5-6H,4,14H2. The Morgan fingerprint density at radius 3 is 2.50 bits per heavy atom. The summed E-state index contributed by atoms with van der Waals surface area (Å²) >= 11 is 5.67. The highest BCUT2D eigenvalue weighted by molar-refractivity contribution is 6.31. The fraction of sp³-hybridized carbons (Fsp3) is 0.0909. The summed E-state index contributed by atoms with van der Waals surface area (Å²) in [6.07, 6.45) is 3.28. The van der Waals surface area contributed by atoms with E-state index in [9.17, 15) is 4.39 Å². The van der Waals surface area contributed by atoms with Gasteiger partial charge in [0.2, 0.25) is 0 Å². The van der Waals surface area contributed by atoms with E-state index in [1.165, 1.54) is 12.1 Å². The molecule has 16 heavy (non-hydrogen) atoms. The molecule has 3 nitrogen and oxygen atoms in total. The highest BCUT2D eigenvalue weighted by Gasteiger charge is 2.05. The normalized spacial score (nSPS) is 10.4. The Morgan fingerprint density at radius 2 is 1.94 bits per heavy atom. The van der Waals surface area contributed by atoms with Crippen LogP contribution in [0.2, 0.25) is 5.02 Å². The molecule has 2 N–H and O–H groups in total. The van der Waals surface area contributed by atoms with Gasteiger partial charge in [0.1, 0.15) is 5.82 Å². The number of nitrogens with two attached hydrogens (primary N) is 1. The molecule has 0 saturated carbocycles. The molecule has 0 spiro atoms. The number of benzene rings is 1. The molecule has 5 heteroatoms. The van der Waals surface area contributed by atoms with Gasteiger partial charge in [0.25, 0.3) is 0 Å². The molecule has 0 fully saturated rings. The van der Waals surface area contributed by atoms with Gasteiger partial charge >= 0.3 is 0 Å². The lowest BCUT2D eigenvalue weighted by atomic mass is 10.2. The fourth-order valence-electron chi connectivity index (χ4n) is 1.24. The smallest absolute Gasteiger partial charge is 0.159 e. The molecule has 2 rings (SSSR count). The molecule has 0 radical (unpaired) electrons. The third-order valence-corrected chi connectivity index (χ3v) is 2.41. The minimum absolute atomic E-state index is 0.0593. The van der Waals surface area contributed by atoms with Gasteiger partial charge in [-0.1, -0.05) is 11.6 Å². The first-order valence-corrected chi connectivity index (χ1v) is 5.05. The van der Waals surface area contributed by atoms with Crippen molar-refractivity contribution in [2.24, 2.45) is 5.73 Å². The van der Waals surface area contributed by atoms with E-state index in [0.29, 0.717) is 17.9 Å². The van der Waals surface area contributed by atoms with Crippen molar-refractivity contribution in [3.8, 4) is 11.4 Å². The maximum atomic E-state index is 12.9. The summed E-state index contributed by atoms with van der Waals surface area (Å²) in [5, 5.41) is 0.0593. The van der Waals surface area contributed by atoms with Crippen molar-refractivity contribution in [1.29, 1.82) is 0 Å². The molecule has 82 valence electrons. The van der Waals surface area contributed by atoms with Crippen LogP contribution in [0.4, 0.5) is 4.39 Å². The molecule has 0 aliphatic rings. The van der Waals surface area contributed by atoms with E-state index in [4.69, 9.17) is 17.3 Å². The van der Waals surface area contributed by atoms with Crippen LogP contribution >= 0.6 is 11.6 Å². The largest absolute Gasteiger partial charge is 0.326 e. The predicted molar refractivity (Wildman–Crippen MR) is 60.3 cm³/mol.